The molecule has 1 saturated carbocycles. The minimum Gasteiger partial charge on any atom is -0.496 e. The van der Waals surface area contributed by atoms with Gasteiger partial charge in [-0.05, 0) is 12.8 Å². The van der Waals surface area contributed by atoms with Gasteiger partial charge in [0.2, 0.25) is 0 Å². The summed E-state index contributed by atoms with van der Waals surface area (Å²) >= 11 is 0. The molecule has 1 aliphatic carbocycles. The number of nitriles is 1. The zero-order valence-electron chi connectivity index (χ0n) is 11.4. The van der Waals surface area contributed by atoms with Crippen LogP contribution in [0.4, 0.5) is 0 Å². The maximum absolute atomic E-state index is 9.37. The Hall–Kier alpha value is -1.93. The first-order valence-electron chi connectivity index (χ1n) is 6.19. The largest absolute Gasteiger partial charge is 0.496 e. The van der Waals surface area contributed by atoms with E-state index in [0.717, 1.165) is 18.4 Å². The number of ether oxygens (including phenoxy) is 3. The number of nitrogens with one attached hydrogen (secondary N) is 1. The second kappa shape index (κ2) is 5.81. The fourth-order valence-corrected chi connectivity index (χ4v) is 1.99. The second-order valence-corrected chi connectivity index (χ2v) is 4.45. The monoisotopic (exact) mass is 262 g/mol. The molecular weight excluding hydrogens is 244 g/mol. The van der Waals surface area contributed by atoms with Crippen molar-refractivity contribution in [2.45, 2.75) is 24.9 Å². The third-order valence-corrected chi connectivity index (χ3v) is 3.15. The Morgan fingerprint density at radius 2 is 1.74 bits per heavy atom. The van der Waals surface area contributed by atoms with Crippen LogP contribution in [0.1, 0.15) is 24.4 Å². The van der Waals surface area contributed by atoms with E-state index in [1.54, 1.807) is 33.5 Å². The van der Waals surface area contributed by atoms with Crippen LogP contribution in [0.5, 0.6) is 17.2 Å². The van der Waals surface area contributed by atoms with E-state index in [-0.39, 0.29) is 0 Å². The maximum atomic E-state index is 9.37. The number of rotatable bonds is 6. The molecule has 0 heterocycles. The van der Waals surface area contributed by atoms with E-state index in [0.29, 0.717) is 23.3 Å². The maximum Gasteiger partial charge on any atom is 0.132 e. The fourth-order valence-electron chi connectivity index (χ4n) is 1.99. The van der Waals surface area contributed by atoms with Crippen LogP contribution in [0.3, 0.4) is 0 Å². The highest BCUT2D eigenvalue weighted by molar-refractivity contribution is 5.53. The van der Waals surface area contributed by atoms with Crippen molar-refractivity contribution in [3.63, 3.8) is 0 Å². The number of hydrogen-bond acceptors (Lipinski definition) is 5. The van der Waals surface area contributed by atoms with Crippen molar-refractivity contribution in [1.29, 1.82) is 5.26 Å². The highest BCUT2D eigenvalue weighted by Crippen LogP contribution is 2.39. The molecule has 0 bridgehead atoms. The molecule has 102 valence electrons. The van der Waals surface area contributed by atoms with Crippen LogP contribution in [-0.2, 0) is 0 Å². The standard InChI is InChI=1S/C14H18N2O3/c1-17-10-6-12(18-2)14(13(7-10)19-3)11(8-15)16-9-4-5-9/h6-7,9,11,16H,4-5H2,1-3H3. The zero-order chi connectivity index (χ0) is 13.8. The van der Waals surface area contributed by atoms with Crippen molar-refractivity contribution in [3.8, 4) is 23.3 Å². The van der Waals surface area contributed by atoms with Crippen molar-refractivity contribution < 1.29 is 14.2 Å². The van der Waals surface area contributed by atoms with E-state index in [1.165, 1.54) is 0 Å². The van der Waals surface area contributed by atoms with E-state index in [2.05, 4.69) is 11.4 Å². The summed E-state index contributed by atoms with van der Waals surface area (Å²) in [6.07, 6.45) is 2.22. The SMILES string of the molecule is COc1cc(OC)c(C(C#N)NC2CC2)c(OC)c1. The lowest BCUT2D eigenvalue weighted by Gasteiger charge is -2.19. The molecule has 0 aromatic heterocycles. The van der Waals surface area contributed by atoms with Gasteiger partial charge in [-0.1, -0.05) is 0 Å². The molecule has 1 N–H and O–H groups in total. The van der Waals surface area contributed by atoms with Gasteiger partial charge in [-0.3, -0.25) is 5.32 Å². The van der Waals surface area contributed by atoms with Crippen molar-refractivity contribution in [2.75, 3.05) is 21.3 Å². The summed E-state index contributed by atoms with van der Waals surface area (Å²) in [6.45, 7) is 0. The molecule has 5 nitrogen and oxygen atoms in total. The van der Waals surface area contributed by atoms with Gasteiger partial charge in [0.1, 0.15) is 23.3 Å². The van der Waals surface area contributed by atoms with Crippen LogP contribution < -0.4 is 19.5 Å². The van der Waals surface area contributed by atoms with Crippen molar-refractivity contribution in [3.05, 3.63) is 17.7 Å². The zero-order valence-corrected chi connectivity index (χ0v) is 11.4. The molecule has 2 rings (SSSR count). The number of nitrogens with zero attached hydrogens (tertiary/aromatic N) is 1. The van der Waals surface area contributed by atoms with Crippen LogP contribution in [0.25, 0.3) is 0 Å². The first-order chi connectivity index (χ1) is 9.23. The molecule has 0 saturated heterocycles. The molecule has 0 spiro atoms. The first kappa shape index (κ1) is 13.5. The Labute approximate surface area is 113 Å². The summed E-state index contributed by atoms with van der Waals surface area (Å²) in [4.78, 5) is 0. The summed E-state index contributed by atoms with van der Waals surface area (Å²) in [5.41, 5.74) is 0.722. The summed E-state index contributed by atoms with van der Waals surface area (Å²) in [6, 6.07) is 5.76. The van der Waals surface area contributed by atoms with Gasteiger partial charge in [0.05, 0.1) is 33.0 Å². The van der Waals surface area contributed by atoms with Crippen LogP contribution in [0.15, 0.2) is 12.1 Å². The predicted molar refractivity (Wildman–Crippen MR) is 70.6 cm³/mol. The van der Waals surface area contributed by atoms with Gasteiger partial charge in [-0.15, -0.1) is 0 Å². The number of methoxy groups -OCH3 is 3. The Morgan fingerprint density at radius 3 is 2.11 bits per heavy atom. The topological polar surface area (TPSA) is 63.5 Å². The Kier molecular flexibility index (Phi) is 4.13. The van der Waals surface area contributed by atoms with E-state index in [1.807, 2.05) is 0 Å². The molecule has 1 unspecified atom stereocenters. The summed E-state index contributed by atoms with van der Waals surface area (Å²) in [7, 11) is 4.73. The van der Waals surface area contributed by atoms with Crippen molar-refractivity contribution in [2.24, 2.45) is 0 Å². The number of benzene rings is 1. The summed E-state index contributed by atoms with van der Waals surface area (Å²) in [5.74, 6) is 1.83. The first-order valence-corrected chi connectivity index (χ1v) is 6.19. The van der Waals surface area contributed by atoms with Crippen LogP contribution in [-0.4, -0.2) is 27.4 Å². The molecule has 1 atom stereocenters. The van der Waals surface area contributed by atoms with Gasteiger partial charge in [-0.2, -0.15) is 5.26 Å². The molecule has 19 heavy (non-hydrogen) atoms. The normalized spacial score (nSPS) is 15.5. The van der Waals surface area contributed by atoms with Crippen LogP contribution >= 0.6 is 0 Å². The molecule has 0 radical (unpaired) electrons. The van der Waals surface area contributed by atoms with Gasteiger partial charge in [-0.25, -0.2) is 0 Å². The average molecular weight is 262 g/mol. The smallest absolute Gasteiger partial charge is 0.132 e. The van der Waals surface area contributed by atoms with Crippen LogP contribution in [0.2, 0.25) is 0 Å². The third kappa shape index (κ3) is 2.91. The lowest BCUT2D eigenvalue weighted by atomic mass is 10.0. The quantitative estimate of drug-likeness (QED) is 0.849. The summed E-state index contributed by atoms with van der Waals surface area (Å²) in [5, 5.41) is 12.6. The highest BCUT2D eigenvalue weighted by Gasteiger charge is 2.29. The minimum atomic E-state index is -0.441. The van der Waals surface area contributed by atoms with Gasteiger partial charge in [0.15, 0.2) is 0 Å². The average Bonchev–Trinajstić information content (AvgIpc) is 3.27. The molecule has 0 aliphatic heterocycles. The van der Waals surface area contributed by atoms with Gasteiger partial charge >= 0.3 is 0 Å². The van der Waals surface area contributed by atoms with Crippen LogP contribution in [0, 0.1) is 11.3 Å². The molecule has 1 aromatic rings. The molecule has 5 heteroatoms. The van der Waals surface area contributed by atoms with E-state index in [4.69, 9.17) is 14.2 Å². The van der Waals surface area contributed by atoms with Crippen molar-refractivity contribution >= 4 is 0 Å². The summed E-state index contributed by atoms with van der Waals surface area (Å²) < 4.78 is 15.9. The van der Waals surface area contributed by atoms with Gasteiger partial charge < -0.3 is 14.2 Å². The third-order valence-electron chi connectivity index (χ3n) is 3.15. The lowest BCUT2D eigenvalue weighted by molar-refractivity contribution is 0.363. The minimum absolute atomic E-state index is 0.418. The van der Waals surface area contributed by atoms with E-state index >= 15 is 0 Å². The predicted octanol–water partition coefficient (Wildman–Crippen LogP) is 2.03. The Balaban J connectivity index is 2.42. The molecule has 1 fully saturated rings. The van der Waals surface area contributed by atoms with E-state index < -0.39 is 6.04 Å². The molecule has 0 amide bonds. The van der Waals surface area contributed by atoms with E-state index in [9.17, 15) is 5.26 Å². The van der Waals surface area contributed by atoms with Gasteiger partial charge in [0, 0.05) is 18.2 Å². The molecular formula is C14H18N2O3. The van der Waals surface area contributed by atoms with Gasteiger partial charge in [0.25, 0.3) is 0 Å². The Bertz CT molecular complexity index is 467. The molecule has 1 aromatic carbocycles. The van der Waals surface area contributed by atoms with Crippen molar-refractivity contribution in [1.82, 2.24) is 5.32 Å². The number of hydrogen-bond donors (Lipinski definition) is 1. The lowest BCUT2D eigenvalue weighted by Crippen LogP contribution is -2.23. The highest BCUT2D eigenvalue weighted by atomic mass is 16.5. The second-order valence-electron chi connectivity index (χ2n) is 4.45. The molecule has 1 aliphatic rings. The fraction of sp³-hybridized carbons (Fsp3) is 0.500. The Morgan fingerprint density at radius 1 is 1.16 bits per heavy atom.